The molecule has 0 aliphatic carbocycles. The maximum absolute atomic E-state index is 3.64. The van der Waals surface area contributed by atoms with E-state index in [-0.39, 0.29) is 0 Å². The van der Waals surface area contributed by atoms with Crippen molar-refractivity contribution in [1.29, 1.82) is 0 Å². The first-order chi connectivity index (χ1) is 7.27. The molecule has 1 aliphatic heterocycles. The van der Waals surface area contributed by atoms with Crippen LogP contribution in [-0.2, 0) is 0 Å². The molecule has 1 aliphatic rings. The van der Waals surface area contributed by atoms with E-state index < -0.39 is 0 Å². The average molecular weight is 203 g/mol. The molecule has 1 nitrogen and oxygen atoms in total. The minimum absolute atomic E-state index is 0.687. The molecular formula is C14H21N. The monoisotopic (exact) mass is 203 g/mol. The fraction of sp³-hybridized carbons (Fsp3) is 0.571. The quantitative estimate of drug-likeness (QED) is 0.795. The van der Waals surface area contributed by atoms with Gasteiger partial charge in [-0.3, -0.25) is 0 Å². The van der Waals surface area contributed by atoms with Gasteiger partial charge in [-0.05, 0) is 30.9 Å². The third kappa shape index (κ3) is 2.60. The molecular weight excluding hydrogens is 182 g/mol. The Labute approximate surface area is 92.9 Å². The third-order valence-electron chi connectivity index (χ3n) is 3.30. The van der Waals surface area contributed by atoms with Crippen LogP contribution in [0.3, 0.4) is 0 Å². The predicted molar refractivity (Wildman–Crippen MR) is 65.0 cm³/mol. The molecule has 1 saturated heterocycles. The predicted octanol–water partition coefficient (Wildman–Crippen LogP) is 3.18. The summed E-state index contributed by atoms with van der Waals surface area (Å²) in [6.45, 7) is 5.79. The molecule has 0 aromatic heterocycles. The van der Waals surface area contributed by atoms with Crippen molar-refractivity contribution in [2.24, 2.45) is 5.92 Å². The molecule has 0 spiro atoms. The summed E-state index contributed by atoms with van der Waals surface area (Å²) in [5.74, 6) is 1.51. The van der Waals surface area contributed by atoms with Crippen LogP contribution in [0, 0.1) is 5.92 Å². The molecule has 2 rings (SSSR count). The summed E-state index contributed by atoms with van der Waals surface area (Å²) in [6, 6.07) is 11.6. The molecule has 1 aromatic carbocycles. The minimum Gasteiger partial charge on any atom is -0.313 e. The van der Waals surface area contributed by atoms with Crippen molar-refractivity contribution in [3.8, 4) is 0 Å². The van der Waals surface area contributed by atoms with E-state index in [9.17, 15) is 0 Å². The molecule has 0 amide bonds. The molecule has 2 atom stereocenters. The van der Waals surface area contributed by atoms with Gasteiger partial charge >= 0.3 is 0 Å². The average Bonchev–Trinajstić information content (AvgIpc) is 2.66. The van der Waals surface area contributed by atoms with Gasteiger partial charge in [0.1, 0.15) is 0 Å². The van der Waals surface area contributed by atoms with Crippen molar-refractivity contribution in [1.82, 2.24) is 5.32 Å². The molecule has 82 valence electrons. The maximum Gasteiger partial charge on any atom is 0.0139 e. The van der Waals surface area contributed by atoms with Gasteiger partial charge in [-0.25, -0.2) is 0 Å². The molecule has 0 saturated carbocycles. The second-order valence-corrected chi connectivity index (χ2v) is 5.00. The number of hydrogen-bond donors (Lipinski definition) is 1. The van der Waals surface area contributed by atoms with E-state index in [1.165, 1.54) is 24.9 Å². The lowest BCUT2D eigenvalue weighted by Crippen LogP contribution is -2.27. The Hall–Kier alpha value is -0.820. The van der Waals surface area contributed by atoms with Gasteiger partial charge < -0.3 is 5.32 Å². The van der Waals surface area contributed by atoms with Crippen molar-refractivity contribution in [3.63, 3.8) is 0 Å². The zero-order chi connectivity index (χ0) is 10.7. The van der Waals surface area contributed by atoms with Crippen LogP contribution in [0.2, 0.25) is 0 Å². The molecule has 15 heavy (non-hydrogen) atoms. The summed E-state index contributed by atoms with van der Waals surface area (Å²) in [4.78, 5) is 0. The molecule has 1 N–H and O–H groups in total. The molecule has 0 bridgehead atoms. The summed E-state index contributed by atoms with van der Waals surface area (Å²) in [5, 5.41) is 3.64. The smallest absolute Gasteiger partial charge is 0.0139 e. The van der Waals surface area contributed by atoms with E-state index in [1.54, 1.807) is 0 Å². The molecule has 1 heterocycles. The van der Waals surface area contributed by atoms with Crippen LogP contribution in [0.4, 0.5) is 0 Å². The van der Waals surface area contributed by atoms with Crippen molar-refractivity contribution in [2.45, 2.75) is 38.6 Å². The van der Waals surface area contributed by atoms with Gasteiger partial charge in [-0.15, -0.1) is 0 Å². The highest BCUT2D eigenvalue weighted by molar-refractivity contribution is 5.22. The third-order valence-corrected chi connectivity index (χ3v) is 3.30. The van der Waals surface area contributed by atoms with Gasteiger partial charge in [0, 0.05) is 12.0 Å². The number of benzene rings is 1. The second kappa shape index (κ2) is 4.80. The first-order valence-corrected chi connectivity index (χ1v) is 6.05. The Bertz CT molecular complexity index is 291. The van der Waals surface area contributed by atoms with Gasteiger partial charge in [0.25, 0.3) is 0 Å². The van der Waals surface area contributed by atoms with Gasteiger partial charge in [0.2, 0.25) is 0 Å². The second-order valence-electron chi connectivity index (χ2n) is 5.00. The Morgan fingerprint density at radius 3 is 2.67 bits per heavy atom. The van der Waals surface area contributed by atoms with Crippen LogP contribution in [0.5, 0.6) is 0 Å². The summed E-state index contributed by atoms with van der Waals surface area (Å²) >= 11 is 0. The Morgan fingerprint density at radius 2 is 2.00 bits per heavy atom. The van der Waals surface area contributed by atoms with Crippen LogP contribution in [0.25, 0.3) is 0 Å². The minimum atomic E-state index is 0.687. The summed E-state index contributed by atoms with van der Waals surface area (Å²) in [6.07, 6.45) is 2.58. The zero-order valence-electron chi connectivity index (χ0n) is 9.74. The molecule has 1 aromatic rings. The molecule has 1 fully saturated rings. The highest BCUT2D eigenvalue weighted by atomic mass is 14.9. The maximum atomic E-state index is 3.64. The van der Waals surface area contributed by atoms with Crippen LogP contribution in [0.1, 0.15) is 38.2 Å². The van der Waals surface area contributed by atoms with Crippen LogP contribution in [0.15, 0.2) is 30.3 Å². The summed E-state index contributed by atoms with van der Waals surface area (Å²) in [7, 11) is 0. The van der Waals surface area contributed by atoms with Gasteiger partial charge in [0.05, 0.1) is 0 Å². The Balaban J connectivity index is 2.08. The van der Waals surface area contributed by atoms with Gasteiger partial charge in [0.15, 0.2) is 0 Å². The molecule has 0 radical (unpaired) electrons. The summed E-state index contributed by atoms with van der Waals surface area (Å²) < 4.78 is 0. The lowest BCUT2D eigenvalue weighted by Gasteiger charge is -2.21. The van der Waals surface area contributed by atoms with Crippen molar-refractivity contribution >= 4 is 0 Å². The van der Waals surface area contributed by atoms with Crippen LogP contribution in [-0.4, -0.2) is 12.6 Å². The van der Waals surface area contributed by atoms with Gasteiger partial charge in [-0.2, -0.15) is 0 Å². The topological polar surface area (TPSA) is 12.0 Å². The van der Waals surface area contributed by atoms with Crippen molar-refractivity contribution in [3.05, 3.63) is 35.9 Å². The fourth-order valence-corrected chi connectivity index (χ4v) is 2.62. The van der Waals surface area contributed by atoms with Crippen molar-refractivity contribution in [2.75, 3.05) is 6.54 Å². The van der Waals surface area contributed by atoms with E-state index >= 15 is 0 Å². The molecule has 0 unspecified atom stereocenters. The fourth-order valence-electron chi connectivity index (χ4n) is 2.62. The highest BCUT2D eigenvalue weighted by Gasteiger charge is 2.28. The van der Waals surface area contributed by atoms with Crippen LogP contribution < -0.4 is 5.32 Å². The van der Waals surface area contributed by atoms with E-state index in [2.05, 4.69) is 49.5 Å². The van der Waals surface area contributed by atoms with E-state index in [1.807, 2.05) is 0 Å². The van der Waals surface area contributed by atoms with Crippen LogP contribution >= 0.6 is 0 Å². The van der Waals surface area contributed by atoms with E-state index in [4.69, 9.17) is 0 Å². The lowest BCUT2D eigenvalue weighted by molar-refractivity contribution is 0.434. The Kier molecular flexibility index (Phi) is 3.42. The normalized spacial score (nSPS) is 26.1. The van der Waals surface area contributed by atoms with E-state index in [0.29, 0.717) is 6.04 Å². The van der Waals surface area contributed by atoms with Gasteiger partial charge in [-0.1, -0.05) is 44.2 Å². The van der Waals surface area contributed by atoms with E-state index in [0.717, 1.165) is 11.8 Å². The largest absolute Gasteiger partial charge is 0.313 e. The SMILES string of the molecule is CC(C)C[C@H]1NCC[C@@H]1c1ccccc1. The summed E-state index contributed by atoms with van der Waals surface area (Å²) in [5.41, 5.74) is 1.51. The number of nitrogens with one attached hydrogen (secondary N) is 1. The Morgan fingerprint density at radius 1 is 1.27 bits per heavy atom. The highest BCUT2D eigenvalue weighted by Crippen LogP contribution is 2.30. The lowest BCUT2D eigenvalue weighted by atomic mass is 9.87. The zero-order valence-corrected chi connectivity index (χ0v) is 9.74. The number of hydrogen-bond acceptors (Lipinski definition) is 1. The first-order valence-electron chi connectivity index (χ1n) is 6.05. The molecule has 1 heteroatoms. The standard InChI is InChI=1S/C14H21N/c1-11(2)10-14-13(8-9-15-14)12-6-4-3-5-7-12/h3-7,11,13-15H,8-10H2,1-2H3/t13-,14-/m1/s1. The van der Waals surface area contributed by atoms with Crippen molar-refractivity contribution < 1.29 is 0 Å². The first kappa shape index (κ1) is 10.7. The number of rotatable bonds is 3.